The molecule has 0 aliphatic carbocycles. The maximum atomic E-state index is 8.95. The van der Waals surface area contributed by atoms with Gasteiger partial charge < -0.3 is 10.8 Å². The normalized spacial score (nSPS) is 12.9. The summed E-state index contributed by atoms with van der Waals surface area (Å²) >= 11 is 0. The Kier molecular flexibility index (Phi) is 3.27. The van der Waals surface area contributed by atoms with Gasteiger partial charge in [0.2, 0.25) is 0 Å². The fraction of sp³-hybridized carbons (Fsp3) is 0.625. The molecule has 0 aromatic carbocycles. The fourth-order valence-corrected chi connectivity index (χ4v) is 0.908. The van der Waals surface area contributed by atoms with E-state index in [0.717, 1.165) is 11.4 Å². The van der Waals surface area contributed by atoms with Gasteiger partial charge in [0.1, 0.15) is 0 Å². The molecule has 5 heteroatoms. The van der Waals surface area contributed by atoms with E-state index in [1.54, 1.807) is 0 Å². The third kappa shape index (κ3) is 2.19. The monoisotopic (exact) mass is 182 g/mol. The van der Waals surface area contributed by atoms with E-state index in [9.17, 15) is 0 Å². The molecule has 0 saturated heterocycles. The topological polar surface area (TPSA) is 84.9 Å². The molecule has 1 aromatic heterocycles. The van der Waals surface area contributed by atoms with Crippen LogP contribution in [0.3, 0.4) is 0 Å². The molecule has 1 rings (SSSR count). The van der Waals surface area contributed by atoms with Crippen LogP contribution >= 0.6 is 0 Å². The minimum atomic E-state index is -0.202. The van der Waals surface area contributed by atoms with Gasteiger partial charge in [-0.25, -0.2) is 4.98 Å². The predicted molar refractivity (Wildman–Crippen MR) is 48.2 cm³/mol. The third-order valence-electron chi connectivity index (χ3n) is 1.98. The average molecular weight is 182 g/mol. The molecular weight excluding hydrogens is 168 g/mol. The second-order valence-corrected chi connectivity index (χ2v) is 2.96. The molecule has 0 aliphatic rings. The third-order valence-corrected chi connectivity index (χ3v) is 1.98. The zero-order chi connectivity index (χ0) is 9.84. The van der Waals surface area contributed by atoms with Crippen molar-refractivity contribution in [1.82, 2.24) is 15.2 Å². The lowest BCUT2D eigenvalue weighted by atomic mass is 10.1. The average Bonchev–Trinajstić information content (AvgIpc) is 2.13. The van der Waals surface area contributed by atoms with Crippen LogP contribution in [0.15, 0.2) is 0 Å². The first-order valence-corrected chi connectivity index (χ1v) is 4.17. The number of nitrogens with zero attached hydrogens (tertiary/aromatic N) is 3. The molecule has 0 bridgehead atoms. The van der Waals surface area contributed by atoms with E-state index in [4.69, 9.17) is 10.8 Å². The molecule has 0 radical (unpaired) electrons. The van der Waals surface area contributed by atoms with Gasteiger partial charge in [-0.1, -0.05) is 0 Å². The van der Waals surface area contributed by atoms with Crippen LogP contribution < -0.4 is 5.73 Å². The van der Waals surface area contributed by atoms with Crippen LogP contribution in [0.5, 0.6) is 0 Å². The largest absolute Gasteiger partial charge is 0.396 e. The van der Waals surface area contributed by atoms with Gasteiger partial charge >= 0.3 is 0 Å². The summed E-state index contributed by atoms with van der Waals surface area (Å²) in [5, 5.41) is 16.7. The van der Waals surface area contributed by atoms with Crippen LogP contribution in [0.1, 0.15) is 23.1 Å². The molecule has 5 nitrogen and oxygen atoms in total. The highest BCUT2D eigenvalue weighted by atomic mass is 16.3. The molecule has 72 valence electrons. The maximum absolute atomic E-state index is 8.95. The molecule has 0 fully saturated rings. The van der Waals surface area contributed by atoms with E-state index in [0.29, 0.717) is 12.4 Å². The van der Waals surface area contributed by atoms with E-state index in [1.165, 1.54) is 0 Å². The van der Waals surface area contributed by atoms with Crippen LogP contribution in [0.25, 0.3) is 0 Å². The number of hydrogen-bond donors (Lipinski definition) is 2. The van der Waals surface area contributed by atoms with Crippen LogP contribution in [0, 0.1) is 13.8 Å². The van der Waals surface area contributed by atoms with Gasteiger partial charge in [0.05, 0.1) is 23.9 Å². The summed E-state index contributed by atoms with van der Waals surface area (Å²) < 4.78 is 0. The zero-order valence-electron chi connectivity index (χ0n) is 7.86. The summed E-state index contributed by atoms with van der Waals surface area (Å²) in [7, 11) is 0. The number of aliphatic hydroxyl groups excluding tert-OH is 1. The van der Waals surface area contributed by atoms with Gasteiger partial charge in [-0.3, -0.25) is 0 Å². The summed E-state index contributed by atoms with van der Waals surface area (Å²) in [6.07, 6.45) is 0. The van der Waals surface area contributed by atoms with Gasteiger partial charge in [0.15, 0.2) is 5.82 Å². The number of nitrogens with two attached hydrogens (primary N) is 1. The van der Waals surface area contributed by atoms with Crippen molar-refractivity contribution in [2.24, 2.45) is 5.73 Å². The lowest BCUT2D eigenvalue weighted by Gasteiger charge is -2.09. The number of aryl methyl sites for hydroxylation is 2. The van der Waals surface area contributed by atoms with Crippen molar-refractivity contribution in [3.05, 3.63) is 17.2 Å². The highest BCUT2D eigenvalue weighted by molar-refractivity contribution is 5.07. The Bertz CT molecular complexity index is 285. The van der Waals surface area contributed by atoms with Gasteiger partial charge in [0, 0.05) is 6.54 Å². The standard InChI is InChI=1S/C8H14N4O/c1-5-6(2)11-12-8(10-5)7(3-9)4-13/h7,13H,3-4,9H2,1-2H3. The zero-order valence-corrected chi connectivity index (χ0v) is 7.86. The summed E-state index contributed by atoms with van der Waals surface area (Å²) in [6, 6.07) is 0. The Morgan fingerprint density at radius 3 is 2.46 bits per heavy atom. The smallest absolute Gasteiger partial charge is 0.157 e. The first-order chi connectivity index (χ1) is 6.19. The molecule has 0 amide bonds. The molecule has 0 spiro atoms. The molecular formula is C8H14N4O. The summed E-state index contributed by atoms with van der Waals surface area (Å²) in [5.74, 6) is 0.319. The van der Waals surface area contributed by atoms with Gasteiger partial charge in [-0.15, -0.1) is 5.10 Å². The SMILES string of the molecule is Cc1nnc(C(CN)CO)nc1C. The van der Waals surface area contributed by atoms with Crippen LogP contribution in [-0.2, 0) is 0 Å². The van der Waals surface area contributed by atoms with Crippen molar-refractivity contribution < 1.29 is 5.11 Å². The van der Waals surface area contributed by atoms with Crippen molar-refractivity contribution in [2.75, 3.05) is 13.2 Å². The first kappa shape index (κ1) is 10.0. The fourth-order valence-electron chi connectivity index (χ4n) is 0.908. The van der Waals surface area contributed by atoms with E-state index in [2.05, 4.69) is 15.2 Å². The highest BCUT2D eigenvalue weighted by Gasteiger charge is 2.12. The number of aromatic nitrogens is 3. The van der Waals surface area contributed by atoms with Crippen molar-refractivity contribution in [2.45, 2.75) is 19.8 Å². The van der Waals surface area contributed by atoms with Crippen LogP contribution in [-0.4, -0.2) is 33.4 Å². The molecule has 13 heavy (non-hydrogen) atoms. The van der Waals surface area contributed by atoms with Crippen molar-refractivity contribution in [3.8, 4) is 0 Å². The molecule has 3 N–H and O–H groups in total. The Labute approximate surface area is 77.0 Å². The molecule has 1 atom stereocenters. The molecule has 1 heterocycles. The van der Waals surface area contributed by atoms with Gasteiger partial charge in [-0.05, 0) is 13.8 Å². The number of rotatable bonds is 3. The lowest BCUT2D eigenvalue weighted by molar-refractivity contribution is 0.262. The molecule has 0 aliphatic heterocycles. The summed E-state index contributed by atoms with van der Waals surface area (Å²) in [4.78, 5) is 4.20. The van der Waals surface area contributed by atoms with E-state index >= 15 is 0 Å². The van der Waals surface area contributed by atoms with E-state index < -0.39 is 0 Å². The van der Waals surface area contributed by atoms with Gasteiger partial charge in [0.25, 0.3) is 0 Å². The van der Waals surface area contributed by atoms with Gasteiger partial charge in [-0.2, -0.15) is 5.10 Å². The molecule has 0 saturated carbocycles. The maximum Gasteiger partial charge on any atom is 0.157 e. The Hall–Kier alpha value is -1.07. The van der Waals surface area contributed by atoms with Crippen LogP contribution in [0.4, 0.5) is 0 Å². The minimum Gasteiger partial charge on any atom is -0.396 e. The number of hydrogen-bond acceptors (Lipinski definition) is 5. The molecule has 1 unspecified atom stereocenters. The quantitative estimate of drug-likeness (QED) is 0.659. The second-order valence-electron chi connectivity index (χ2n) is 2.96. The minimum absolute atomic E-state index is 0.0410. The molecule has 1 aromatic rings. The Balaban J connectivity index is 2.95. The highest BCUT2D eigenvalue weighted by Crippen LogP contribution is 2.08. The summed E-state index contributed by atoms with van der Waals surface area (Å²) in [6.45, 7) is 4.00. The van der Waals surface area contributed by atoms with Crippen molar-refractivity contribution >= 4 is 0 Å². The number of aliphatic hydroxyl groups is 1. The van der Waals surface area contributed by atoms with Crippen LogP contribution in [0.2, 0.25) is 0 Å². The first-order valence-electron chi connectivity index (χ1n) is 4.17. The van der Waals surface area contributed by atoms with E-state index in [1.807, 2.05) is 13.8 Å². The summed E-state index contributed by atoms with van der Waals surface area (Å²) in [5.41, 5.74) is 7.07. The predicted octanol–water partition coefficient (Wildman–Crippen LogP) is -0.477. The lowest BCUT2D eigenvalue weighted by Crippen LogP contribution is -2.20. The second kappa shape index (κ2) is 4.25. The van der Waals surface area contributed by atoms with Crippen molar-refractivity contribution in [3.63, 3.8) is 0 Å². The Morgan fingerprint density at radius 2 is 2.00 bits per heavy atom. The van der Waals surface area contributed by atoms with Crippen molar-refractivity contribution in [1.29, 1.82) is 0 Å². The van der Waals surface area contributed by atoms with E-state index in [-0.39, 0.29) is 12.5 Å². The Morgan fingerprint density at radius 1 is 1.31 bits per heavy atom.